The number of hydrogen-bond acceptors (Lipinski definition) is 2. The summed E-state index contributed by atoms with van der Waals surface area (Å²) in [5.41, 5.74) is -0.0700. The van der Waals surface area contributed by atoms with Crippen LogP contribution >= 0.6 is 11.6 Å². The molecule has 0 heterocycles. The molecule has 21 heavy (non-hydrogen) atoms. The van der Waals surface area contributed by atoms with Crippen molar-refractivity contribution in [1.29, 1.82) is 0 Å². The zero-order valence-electron chi connectivity index (χ0n) is 10.2. The minimum absolute atomic E-state index is 0.0593. The van der Waals surface area contributed by atoms with E-state index in [1.165, 1.54) is 18.2 Å². The fraction of sp³-hybridized carbons (Fsp3) is 0.0714. The van der Waals surface area contributed by atoms with Crippen LogP contribution in [-0.2, 0) is 0 Å². The van der Waals surface area contributed by atoms with Gasteiger partial charge in [-0.05, 0) is 35.4 Å². The van der Waals surface area contributed by atoms with Crippen molar-refractivity contribution in [1.82, 2.24) is 0 Å². The first-order chi connectivity index (χ1) is 9.80. The van der Waals surface area contributed by atoms with Gasteiger partial charge in [0.05, 0.1) is 5.56 Å². The molecule has 0 aromatic heterocycles. The van der Waals surface area contributed by atoms with Crippen LogP contribution in [0.5, 0.6) is 5.75 Å². The Balaban J connectivity index is 2.59. The highest BCUT2D eigenvalue weighted by molar-refractivity contribution is 6.30. The fourth-order valence-corrected chi connectivity index (χ4v) is 2.06. The second kappa shape index (κ2) is 5.73. The molecular weight excluding hydrogens is 312 g/mol. The van der Waals surface area contributed by atoms with Crippen LogP contribution in [0.15, 0.2) is 36.4 Å². The van der Waals surface area contributed by atoms with Gasteiger partial charge < -0.3 is 4.74 Å². The minimum Gasteiger partial charge on any atom is -0.405 e. The normalized spacial score (nSPS) is 11.3. The Morgan fingerprint density at radius 3 is 2.43 bits per heavy atom. The van der Waals surface area contributed by atoms with Crippen molar-refractivity contribution in [2.24, 2.45) is 0 Å². The quantitative estimate of drug-likeness (QED) is 0.597. The molecule has 0 aliphatic carbocycles. The van der Waals surface area contributed by atoms with Crippen LogP contribution in [0.4, 0.5) is 17.6 Å². The molecule has 0 saturated heterocycles. The summed E-state index contributed by atoms with van der Waals surface area (Å²) in [6, 6.07) is 7.08. The van der Waals surface area contributed by atoms with Gasteiger partial charge in [0.1, 0.15) is 11.6 Å². The van der Waals surface area contributed by atoms with Gasteiger partial charge in [0, 0.05) is 5.02 Å². The van der Waals surface area contributed by atoms with Gasteiger partial charge in [0.2, 0.25) is 0 Å². The molecule has 2 rings (SSSR count). The Kier molecular flexibility index (Phi) is 4.18. The Morgan fingerprint density at radius 1 is 1.14 bits per heavy atom. The standard InChI is InChI=1S/C14H7ClF4O2/c15-9-4-8(5-10(16)6-9)11-2-1-3-13(12(11)7-20)21-14(17,18)19/h1-7H. The molecule has 0 saturated carbocycles. The zero-order valence-corrected chi connectivity index (χ0v) is 11.0. The summed E-state index contributed by atoms with van der Waals surface area (Å²) in [5.74, 6) is -1.33. The maximum Gasteiger partial charge on any atom is 0.573 e. The number of ether oxygens (including phenoxy) is 1. The molecule has 0 fully saturated rings. The second-order valence-electron chi connectivity index (χ2n) is 4.04. The Morgan fingerprint density at radius 2 is 1.86 bits per heavy atom. The molecule has 0 bridgehead atoms. The summed E-state index contributed by atoms with van der Waals surface area (Å²) in [7, 11) is 0. The predicted molar refractivity (Wildman–Crippen MR) is 68.9 cm³/mol. The van der Waals surface area contributed by atoms with Crippen molar-refractivity contribution >= 4 is 17.9 Å². The summed E-state index contributed by atoms with van der Waals surface area (Å²) in [6.45, 7) is 0. The smallest absolute Gasteiger partial charge is 0.405 e. The summed E-state index contributed by atoms with van der Waals surface area (Å²) >= 11 is 5.70. The summed E-state index contributed by atoms with van der Waals surface area (Å²) in [6.07, 6.45) is -4.72. The topological polar surface area (TPSA) is 26.3 Å². The van der Waals surface area contributed by atoms with Crippen LogP contribution < -0.4 is 4.74 Å². The number of alkyl halides is 3. The molecule has 0 radical (unpaired) electrons. The van der Waals surface area contributed by atoms with Gasteiger partial charge in [-0.1, -0.05) is 23.7 Å². The lowest BCUT2D eigenvalue weighted by atomic mass is 9.99. The third-order valence-electron chi connectivity index (χ3n) is 2.58. The van der Waals surface area contributed by atoms with E-state index >= 15 is 0 Å². The molecule has 110 valence electrons. The van der Waals surface area contributed by atoms with Gasteiger partial charge in [-0.25, -0.2) is 4.39 Å². The van der Waals surface area contributed by atoms with E-state index < -0.39 is 17.9 Å². The number of halogens is 5. The monoisotopic (exact) mass is 318 g/mol. The lowest BCUT2D eigenvalue weighted by Crippen LogP contribution is -2.18. The van der Waals surface area contributed by atoms with Crippen LogP contribution in [0.1, 0.15) is 10.4 Å². The molecule has 2 aromatic carbocycles. The molecule has 2 nitrogen and oxygen atoms in total. The van der Waals surface area contributed by atoms with E-state index in [1.54, 1.807) is 0 Å². The van der Waals surface area contributed by atoms with Gasteiger partial charge in [0.25, 0.3) is 0 Å². The first-order valence-corrected chi connectivity index (χ1v) is 5.98. The van der Waals surface area contributed by atoms with Crippen LogP contribution in [-0.4, -0.2) is 12.6 Å². The Hall–Kier alpha value is -2.08. The molecule has 0 amide bonds. The molecule has 0 spiro atoms. The van der Waals surface area contributed by atoms with Crippen molar-refractivity contribution in [2.45, 2.75) is 6.36 Å². The molecular formula is C14H7ClF4O2. The second-order valence-corrected chi connectivity index (χ2v) is 4.48. The third kappa shape index (κ3) is 3.72. The lowest BCUT2D eigenvalue weighted by molar-refractivity contribution is -0.274. The number of aldehydes is 1. The van der Waals surface area contributed by atoms with E-state index in [0.717, 1.165) is 18.2 Å². The van der Waals surface area contributed by atoms with Crippen molar-refractivity contribution in [3.63, 3.8) is 0 Å². The van der Waals surface area contributed by atoms with Gasteiger partial charge in [-0.15, -0.1) is 13.2 Å². The zero-order chi connectivity index (χ0) is 15.6. The molecule has 7 heteroatoms. The SMILES string of the molecule is O=Cc1c(OC(F)(F)F)cccc1-c1cc(F)cc(Cl)c1. The van der Waals surface area contributed by atoms with Crippen molar-refractivity contribution in [3.05, 3.63) is 52.8 Å². The van der Waals surface area contributed by atoms with E-state index in [0.29, 0.717) is 0 Å². The molecule has 0 N–H and O–H groups in total. The maximum atomic E-state index is 13.3. The van der Waals surface area contributed by atoms with Crippen molar-refractivity contribution in [3.8, 4) is 16.9 Å². The highest BCUT2D eigenvalue weighted by Crippen LogP contribution is 2.34. The number of hydrogen-bond donors (Lipinski definition) is 0. The summed E-state index contributed by atoms with van der Waals surface area (Å²) in [4.78, 5) is 11.1. The first kappa shape index (κ1) is 15.3. The first-order valence-electron chi connectivity index (χ1n) is 5.60. The van der Waals surface area contributed by atoms with Crippen molar-refractivity contribution in [2.75, 3.05) is 0 Å². The highest BCUT2D eigenvalue weighted by Gasteiger charge is 2.32. The number of benzene rings is 2. The van der Waals surface area contributed by atoms with E-state index in [-0.39, 0.29) is 28.0 Å². The van der Waals surface area contributed by atoms with E-state index in [4.69, 9.17) is 11.6 Å². The van der Waals surface area contributed by atoms with E-state index in [1.807, 2.05) is 0 Å². The maximum absolute atomic E-state index is 13.3. The number of carbonyl (C=O) groups excluding carboxylic acids is 1. The summed E-state index contributed by atoms with van der Waals surface area (Å²) < 4.78 is 54.0. The van der Waals surface area contributed by atoms with Gasteiger partial charge in [0.15, 0.2) is 6.29 Å². The van der Waals surface area contributed by atoms with E-state index in [9.17, 15) is 22.4 Å². The molecule has 0 aliphatic rings. The van der Waals surface area contributed by atoms with Gasteiger partial charge >= 0.3 is 6.36 Å². The number of rotatable bonds is 3. The Bertz CT molecular complexity index is 663. The average Bonchev–Trinajstić information content (AvgIpc) is 2.35. The van der Waals surface area contributed by atoms with Crippen LogP contribution in [0.3, 0.4) is 0 Å². The van der Waals surface area contributed by atoms with Crippen LogP contribution in [0, 0.1) is 5.82 Å². The Labute approximate surface area is 121 Å². The predicted octanol–water partition coefficient (Wildman–Crippen LogP) is 4.86. The van der Waals surface area contributed by atoms with Crippen LogP contribution in [0.2, 0.25) is 5.02 Å². The minimum atomic E-state index is -4.93. The fourth-order valence-electron chi connectivity index (χ4n) is 1.84. The average molecular weight is 319 g/mol. The van der Waals surface area contributed by atoms with E-state index in [2.05, 4.69) is 4.74 Å². The van der Waals surface area contributed by atoms with Crippen molar-refractivity contribution < 1.29 is 27.1 Å². The lowest BCUT2D eigenvalue weighted by Gasteiger charge is -2.13. The molecule has 2 aromatic rings. The largest absolute Gasteiger partial charge is 0.573 e. The number of carbonyl (C=O) groups is 1. The summed E-state index contributed by atoms with van der Waals surface area (Å²) in [5, 5.41) is 0.0593. The van der Waals surface area contributed by atoms with Crippen LogP contribution in [0.25, 0.3) is 11.1 Å². The van der Waals surface area contributed by atoms with Gasteiger partial charge in [-0.3, -0.25) is 4.79 Å². The highest BCUT2D eigenvalue weighted by atomic mass is 35.5. The molecule has 0 unspecified atom stereocenters. The molecule has 0 atom stereocenters. The molecule has 0 aliphatic heterocycles. The third-order valence-corrected chi connectivity index (χ3v) is 2.80. The van der Waals surface area contributed by atoms with Gasteiger partial charge in [-0.2, -0.15) is 0 Å².